The Labute approximate surface area is 255 Å². The summed E-state index contributed by atoms with van der Waals surface area (Å²) < 4.78 is 27.4. The lowest BCUT2D eigenvalue weighted by Gasteiger charge is -2.46. The van der Waals surface area contributed by atoms with Crippen molar-refractivity contribution >= 4 is 23.8 Å². The molecule has 0 spiro atoms. The van der Waals surface area contributed by atoms with Gasteiger partial charge in [-0.25, -0.2) is 9.59 Å². The van der Waals surface area contributed by atoms with Crippen LogP contribution in [-0.4, -0.2) is 67.4 Å². The van der Waals surface area contributed by atoms with Crippen LogP contribution in [0.15, 0.2) is 102 Å². The maximum Gasteiger partial charge on any atom is 0.355 e. The molecule has 1 saturated heterocycles. The van der Waals surface area contributed by atoms with Gasteiger partial charge in [0.2, 0.25) is 0 Å². The van der Waals surface area contributed by atoms with Gasteiger partial charge >= 0.3 is 11.9 Å². The van der Waals surface area contributed by atoms with E-state index in [0.29, 0.717) is 17.1 Å². The molecule has 11 nitrogen and oxygen atoms in total. The smallest absolute Gasteiger partial charge is 0.355 e. The Bertz CT molecular complexity index is 1440. The number of likely N-dealkylation sites (tertiary alicyclic amines) is 1. The predicted molar refractivity (Wildman–Crippen MR) is 158 cm³/mol. The summed E-state index contributed by atoms with van der Waals surface area (Å²) in [6.07, 6.45) is -1.07. The first kappa shape index (κ1) is 31.8. The Balaban J connectivity index is 1.37. The van der Waals surface area contributed by atoms with E-state index in [1.165, 1.54) is 0 Å². The van der Waals surface area contributed by atoms with Crippen LogP contribution in [0.4, 0.5) is 0 Å². The van der Waals surface area contributed by atoms with Crippen molar-refractivity contribution in [3.05, 3.63) is 108 Å². The topological polar surface area (TPSA) is 130 Å². The number of β-lactam (4-membered cyclic amide) rings is 1. The number of hydrogen-bond acceptors (Lipinski definition) is 9. The van der Waals surface area contributed by atoms with E-state index < -0.39 is 36.0 Å². The van der Waals surface area contributed by atoms with E-state index in [2.05, 4.69) is 5.32 Å². The lowest BCUT2D eigenvalue weighted by Crippen LogP contribution is -2.72. The number of nitrogens with zero attached hydrogens (tertiary/aromatic N) is 1. The molecule has 11 heteroatoms. The van der Waals surface area contributed by atoms with Gasteiger partial charge in [0.25, 0.3) is 11.8 Å². The molecule has 0 unspecified atom stereocenters. The number of carbonyl (C=O) groups is 4. The minimum absolute atomic E-state index is 0.00199. The second-order valence-corrected chi connectivity index (χ2v) is 9.85. The predicted octanol–water partition coefficient (Wildman–Crippen LogP) is 3.39. The summed E-state index contributed by atoms with van der Waals surface area (Å²) >= 11 is 0. The second-order valence-electron chi connectivity index (χ2n) is 9.85. The number of rotatable bonds is 15. The Kier molecular flexibility index (Phi) is 11.5. The number of nitrogens with one attached hydrogen (secondary N) is 1. The number of carbonyl (C=O) groups excluding carboxylic acids is 4. The molecule has 3 aromatic carbocycles. The van der Waals surface area contributed by atoms with E-state index in [1.54, 1.807) is 62.4 Å². The molecule has 0 saturated carbocycles. The number of amides is 2. The minimum atomic E-state index is -1.12. The monoisotopic (exact) mass is 602 g/mol. The highest BCUT2D eigenvalue weighted by Crippen LogP contribution is 2.29. The highest BCUT2D eigenvalue weighted by Gasteiger charge is 2.52. The first-order valence-electron chi connectivity index (χ1n) is 14.0. The Morgan fingerprint density at radius 2 is 1.32 bits per heavy atom. The zero-order valence-corrected chi connectivity index (χ0v) is 24.5. The average Bonchev–Trinajstić information content (AvgIpc) is 3.05. The molecule has 1 aliphatic heterocycles. The van der Waals surface area contributed by atoms with Gasteiger partial charge in [0.1, 0.15) is 30.4 Å². The SMILES string of the molecule is CC(C)=C(C(=O)OCc1ccccc1)N1C(=O)[C@H](NC(=O)COc2ccccc2)[C@H]1OCCOC(=O)COc1ccccc1. The quantitative estimate of drug-likeness (QED) is 0.120. The van der Waals surface area contributed by atoms with Crippen molar-refractivity contribution in [2.45, 2.75) is 32.7 Å². The van der Waals surface area contributed by atoms with Crippen molar-refractivity contribution in [1.29, 1.82) is 0 Å². The van der Waals surface area contributed by atoms with Crippen molar-refractivity contribution < 1.29 is 42.9 Å². The van der Waals surface area contributed by atoms with Crippen LogP contribution in [0.3, 0.4) is 0 Å². The molecule has 0 aromatic heterocycles. The van der Waals surface area contributed by atoms with Gasteiger partial charge < -0.3 is 29.0 Å². The largest absolute Gasteiger partial charge is 0.484 e. The number of benzene rings is 3. The summed E-state index contributed by atoms with van der Waals surface area (Å²) in [7, 11) is 0. The van der Waals surface area contributed by atoms with E-state index in [-0.39, 0.29) is 38.7 Å². The zero-order chi connectivity index (χ0) is 31.3. The third-order valence-corrected chi connectivity index (χ3v) is 6.33. The summed E-state index contributed by atoms with van der Waals surface area (Å²) in [6.45, 7) is 2.40. The Morgan fingerprint density at radius 3 is 1.91 bits per heavy atom. The van der Waals surface area contributed by atoms with Gasteiger partial charge in [-0.2, -0.15) is 0 Å². The molecule has 3 aromatic rings. The lowest BCUT2D eigenvalue weighted by atomic mass is 10.0. The molecule has 230 valence electrons. The summed E-state index contributed by atoms with van der Waals surface area (Å²) in [4.78, 5) is 52.4. The molecule has 0 aliphatic carbocycles. The van der Waals surface area contributed by atoms with Crippen LogP contribution >= 0.6 is 0 Å². The summed E-state index contributed by atoms with van der Waals surface area (Å²) in [5.74, 6) is -1.45. The first-order chi connectivity index (χ1) is 21.3. The van der Waals surface area contributed by atoms with Crippen LogP contribution in [0.2, 0.25) is 0 Å². The lowest BCUT2D eigenvalue weighted by molar-refractivity contribution is -0.185. The minimum Gasteiger partial charge on any atom is -0.484 e. The van der Waals surface area contributed by atoms with Crippen LogP contribution in [-0.2, 0) is 40.0 Å². The van der Waals surface area contributed by atoms with Gasteiger partial charge in [-0.1, -0.05) is 66.7 Å². The number of ether oxygens (including phenoxy) is 5. The molecule has 4 rings (SSSR count). The number of allylic oxidation sites excluding steroid dienone is 1. The average molecular weight is 603 g/mol. The molecule has 1 N–H and O–H groups in total. The molecular formula is C33H34N2O9. The second kappa shape index (κ2) is 15.9. The van der Waals surface area contributed by atoms with E-state index in [0.717, 1.165) is 10.5 Å². The van der Waals surface area contributed by atoms with E-state index in [4.69, 9.17) is 23.7 Å². The number of esters is 2. The molecule has 44 heavy (non-hydrogen) atoms. The van der Waals surface area contributed by atoms with Crippen molar-refractivity contribution in [3.63, 3.8) is 0 Å². The molecule has 1 heterocycles. The molecule has 0 radical (unpaired) electrons. The van der Waals surface area contributed by atoms with Crippen LogP contribution in [0.1, 0.15) is 19.4 Å². The van der Waals surface area contributed by atoms with Gasteiger partial charge in [0.05, 0.1) is 6.61 Å². The van der Waals surface area contributed by atoms with E-state index in [1.807, 2.05) is 42.5 Å². The summed E-state index contributed by atoms with van der Waals surface area (Å²) in [5, 5.41) is 2.61. The van der Waals surface area contributed by atoms with Crippen molar-refractivity contribution in [3.8, 4) is 11.5 Å². The molecule has 1 fully saturated rings. The zero-order valence-electron chi connectivity index (χ0n) is 24.5. The molecule has 2 atom stereocenters. The fourth-order valence-electron chi connectivity index (χ4n) is 4.25. The summed E-state index contributed by atoms with van der Waals surface area (Å²) in [5.41, 5.74) is 1.28. The van der Waals surface area contributed by atoms with E-state index >= 15 is 0 Å². The Morgan fingerprint density at radius 1 is 0.750 bits per heavy atom. The van der Waals surface area contributed by atoms with Crippen LogP contribution < -0.4 is 14.8 Å². The van der Waals surface area contributed by atoms with Crippen molar-refractivity contribution in [2.24, 2.45) is 0 Å². The third-order valence-electron chi connectivity index (χ3n) is 6.33. The van der Waals surface area contributed by atoms with Gasteiger partial charge in [-0.15, -0.1) is 0 Å². The molecule has 0 bridgehead atoms. The standard InChI is InChI=1S/C33H34N2O9/c1-23(2)30(33(39)44-20-24-12-6-3-7-13-24)35-31(38)29(34-27(36)21-42-25-14-8-4-9-15-25)32(35)41-19-18-40-28(37)22-43-26-16-10-5-11-17-26/h3-17,29,32H,18-22H2,1-2H3,(H,34,36)/t29-,32+/m0/s1. The fraction of sp³-hybridized carbons (Fsp3) is 0.273. The van der Waals surface area contributed by atoms with Crippen LogP contribution in [0.5, 0.6) is 11.5 Å². The molecule has 2 amide bonds. The normalized spacial score (nSPS) is 15.4. The van der Waals surface area contributed by atoms with E-state index in [9.17, 15) is 19.2 Å². The van der Waals surface area contributed by atoms with Gasteiger partial charge in [0.15, 0.2) is 25.5 Å². The van der Waals surface area contributed by atoms with Gasteiger partial charge in [0, 0.05) is 0 Å². The van der Waals surface area contributed by atoms with Crippen LogP contribution in [0.25, 0.3) is 0 Å². The van der Waals surface area contributed by atoms with Crippen molar-refractivity contribution in [1.82, 2.24) is 10.2 Å². The number of hydrogen-bond donors (Lipinski definition) is 1. The maximum absolute atomic E-state index is 13.3. The molecular weight excluding hydrogens is 568 g/mol. The van der Waals surface area contributed by atoms with Gasteiger partial charge in [-0.05, 0) is 49.2 Å². The molecule has 1 aliphatic rings. The van der Waals surface area contributed by atoms with Gasteiger partial charge in [-0.3, -0.25) is 14.5 Å². The fourth-order valence-corrected chi connectivity index (χ4v) is 4.25. The maximum atomic E-state index is 13.3. The number of para-hydroxylation sites is 2. The third kappa shape index (κ3) is 8.92. The van der Waals surface area contributed by atoms with Crippen LogP contribution in [0, 0.1) is 0 Å². The highest BCUT2D eigenvalue weighted by atomic mass is 16.6. The first-order valence-corrected chi connectivity index (χ1v) is 14.0. The summed E-state index contributed by atoms with van der Waals surface area (Å²) in [6, 6.07) is 25.6. The van der Waals surface area contributed by atoms with Crippen molar-refractivity contribution in [2.75, 3.05) is 26.4 Å². The Hall–Kier alpha value is -5.16. The highest BCUT2D eigenvalue weighted by molar-refractivity contribution is 6.01.